The molecule has 0 unspecified atom stereocenters. The summed E-state index contributed by atoms with van der Waals surface area (Å²) in [5.41, 5.74) is 2.09. The molecule has 2 N–H and O–H groups in total. The molecule has 1 heterocycles. The summed E-state index contributed by atoms with van der Waals surface area (Å²) in [6.45, 7) is 0.611. The Morgan fingerprint density at radius 3 is 3.00 bits per heavy atom. The second kappa shape index (κ2) is 4.69. The molecule has 5 nitrogen and oxygen atoms in total. The molecular formula is C12H13N3O2. The Morgan fingerprint density at radius 1 is 1.53 bits per heavy atom. The van der Waals surface area contributed by atoms with Gasteiger partial charge in [0.1, 0.15) is 0 Å². The Kier molecular flexibility index (Phi) is 3.09. The van der Waals surface area contributed by atoms with Gasteiger partial charge in [0.25, 0.3) is 0 Å². The summed E-state index contributed by atoms with van der Waals surface area (Å²) in [5.74, 6) is -0.922. The number of carboxylic acids is 1. The topological polar surface area (TPSA) is 67.2 Å². The van der Waals surface area contributed by atoms with Gasteiger partial charge in [-0.15, -0.1) is 0 Å². The van der Waals surface area contributed by atoms with Crippen molar-refractivity contribution in [3.63, 3.8) is 0 Å². The first-order valence-corrected chi connectivity index (χ1v) is 5.19. The fourth-order valence-electron chi connectivity index (χ4n) is 1.51. The Bertz CT molecular complexity index is 534. The number of nitrogens with zero attached hydrogens (tertiary/aromatic N) is 2. The monoisotopic (exact) mass is 231 g/mol. The second-order valence-corrected chi connectivity index (χ2v) is 3.74. The first-order valence-electron chi connectivity index (χ1n) is 5.19. The van der Waals surface area contributed by atoms with Crippen molar-refractivity contribution in [1.29, 1.82) is 0 Å². The smallest absolute Gasteiger partial charge is 0.335 e. The predicted octanol–water partition coefficient (Wildman–Crippen LogP) is 1.73. The zero-order valence-electron chi connectivity index (χ0n) is 9.42. The normalized spacial score (nSPS) is 10.2. The summed E-state index contributed by atoms with van der Waals surface area (Å²) >= 11 is 0. The summed E-state index contributed by atoms with van der Waals surface area (Å²) in [7, 11) is 1.91. The largest absolute Gasteiger partial charge is 0.478 e. The van der Waals surface area contributed by atoms with E-state index in [1.165, 1.54) is 0 Å². The summed E-state index contributed by atoms with van der Waals surface area (Å²) in [5, 5.41) is 12.0. The third-order valence-corrected chi connectivity index (χ3v) is 2.50. The first kappa shape index (κ1) is 11.2. The number of aromatic nitrogens is 2. The molecule has 0 saturated carbocycles. The Hall–Kier alpha value is -2.30. The van der Waals surface area contributed by atoms with Crippen molar-refractivity contribution >= 4 is 11.7 Å². The average Bonchev–Trinajstić information content (AvgIpc) is 2.72. The number of rotatable bonds is 4. The fourth-order valence-corrected chi connectivity index (χ4v) is 1.51. The van der Waals surface area contributed by atoms with Gasteiger partial charge in [0, 0.05) is 18.9 Å². The van der Waals surface area contributed by atoms with Gasteiger partial charge in [-0.1, -0.05) is 6.07 Å². The summed E-state index contributed by atoms with van der Waals surface area (Å²) in [6.07, 6.45) is 3.50. The van der Waals surface area contributed by atoms with Crippen LogP contribution in [0.2, 0.25) is 0 Å². The molecule has 0 bridgehead atoms. The minimum absolute atomic E-state index is 0.278. The Labute approximate surface area is 98.7 Å². The summed E-state index contributed by atoms with van der Waals surface area (Å²) < 4.78 is 1.91. The van der Waals surface area contributed by atoms with Crippen molar-refractivity contribution < 1.29 is 9.90 Å². The van der Waals surface area contributed by atoms with Gasteiger partial charge in [-0.05, 0) is 18.2 Å². The number of hydrogen-bond donors (Lipinski definition) is 2. The summed E-state index contributed by atoms with van der Waals surface area (Å²) in [6, 6.07) is 6.73. The number of aryl methyl sites for hydroxylation is 1. The van der Waals surface area contributed by atoms with Gasteiger partial charge in [0.2, 0.25) is 0 Å². The van der Waals surface area contributed by atoms with Crippen LogP contribution in [0.3, 0.4) is 0 Å². The molecule has 0 spiro atoms. The second-order valence-electron chi connectivity index (χ2n) is 3.74. The SMILES string of the molecule is Cn1cncc1CNc1cccc(C(=O)O)c1. The maximum atomic E-state index is 10.8. The lowest BCUT2D eigenvalue weighted by Gasteiger charge is -2.07. The fraction of sp³-hybridized carbons (Fsp3) is 0.167. The molecule has 1 aromatic heterocycles. The lowest BCUT2D eigenvalue weighted by atomic mass is 10.2. The number of imidazole rings is 1. The molecule has 0 atom stereocenters. The van der Waals surface area contributed by atoms with Crippen LogP contribution in [0.4, 0.5) is 5.69 Å². The van der Waals surface area contributed by atoms with E-state index < -0.39 is 5.97 Å². The van der Waals surface area contributed by atoms with Crippen molar-refractivity contribution in [3.05, 3.63) is 48.0 Å². The Balaban J connectivity index is 2.07. The lowest BCUT2D eigenvalue weighted by Crippen LogP contribution is -2.05. The minimum atomic E-state index is -0.922. The van der Waals surface area contributed by atoms with Crippen LogP contribution < -0.4 is 5.32 Å². The van der Waals surface area contributed by atoms with Crippen molar-refractivity contribution in [1.82, 2.24) is 9.55 Å². The number of benzene rings is 1. The quantitative estimate of drug-likeness (QED) is 0.841. The van der Waals surface area contributed by atoms with E-state index in [4.69, 9.17) is 5.11 Å². The van der Waals surface area contributed by atoms with E-state index in [1.54, 1.807) is 30.7 Å². The molecule has 1 aromatic carbocycles. The van der Waals surface area contributed by atoms with Gasteiger partial charge in [0.15, 0.2) is 0 Å². The van der Waals surface area contributed by atoms with Gasteiger partial charge in [-0.3, -0.25) is 0 Å². The van der Waals surface area contributed by atoms with Gasteiger partial charge in [0.05, 0.1) is 24.1 Å². The van der Waals surface area contributed by atoms with Gasteiger partial charge < -0.3 is 15.0 Å². The van der Waals surface area contributed by atoms with Crippen LogP contribution in [0, 0.1) is 0 Å². The van der Waals surface area contributed by atoms with E-state index in [0.29, 0.717) is 6.54 Å². The first-order chi connectivity index (χ1) is 8.16. The molecule has 0 saturated heterocycles. The molecule has 88 valence electrons. The number of hydrogen-bond acceptors (Lipinski definition) is 3. The molecule has 0 radical (unpaired) electrons. The van der Waals surface area contributed by atoms with Crippen molar-refractivity contribution in [2.45, 2.75) is 6.54 Å². The highest BCUT2D eigenvalue weighted by atomic mass is 16.4. The molecule has 0 aliphatic carbocycles. The van der Waals surface area contributed by atoms with Gasteiger partial charge >= 0.3 is 5.97 Å². The van der Waals surface area contributed by atoms with Crippen LogP contribution in [-0.2, 0) is 13.6 Å². The highest BCUT2D eigenvalue weighted by molar-refractivity contribution is 5.88. The third kappa shape index (κ3) is 2.63. The number of carbonyl (C=O) groups is 1. The number of carboxylic acid groups (broad SMARTS) is 1. The highest BCUT2D eigenvalue weighted by Crippen LogP contribution is 2.11. The minimum Gasteiger partial charge on any atom is -0.478 e. The van der Waals surface area contributed by atoms with Crippen molar-refractivity contribution in [3.8, 4) is 0 Å². The number of aromatic carboxylic acids is 1. The van der Waals surface area contributed by atoms with Crippen LogP contribution >= 0.6 is 0 Å². The average molecular weight is 231 g/mol. The molecule has 17 heavy (non-hydrogen) atoms. The van der Waals surface area contributed by atoms with E-state index in [-0.39, 0.29) is 5.56 Å². The zero-order valence-corrected chi connectivity index (χ0v) is 9.42. The van der Waals surface area contributed by atoms with Crippen LogP contribution in [0.1, 0.15) is 16.1 Å². The standard InChI is InChI=1S/C12H13N3O2/c1-15-8-13-6-11(15)7-14-10-4-2-3-9(5-10)12(16)17/h2-6,8,14H,7H2,1H3,(H,16,17). The maximum absolute atomic E-state index is 10.8. The number of anilines is 1. The van der Waals surface area contributed by atoms with Gasteiger partial charge in [-0.2, -0.15) is 0 Å². The molecule has 0 aliphatic heterocycles. The van der Waals surface area contributed by atoms with Crippen molar-refractivity contribution in [2.24, 2.45) is 7.05 Å². The molecule has 0 fully saturated rings. The maximum Gasteiger partial charge on any atom is 0.335 e. The van der Waals surface area contributed by atoms with E-state index in [9.17, 15) is 4.79 Å². The predicted molar refractivity (Wildman–Crippen MR) is 63.9 cm³/mol. The van der Waals surface area contributed by atoms with Crippen molar-refractivity contribution in [2.75, 3.05) is 5.32 Å². The Morgan fingerprint density at radius 2 is 2.35 bits per heavy atom. The third-order valence-electron chi connectivity index (χ3n) is 2.50. The summed E-state index contributed by atoms with van der Waals surface area (Å²) in [4.78, 5) is 14.8. The molecule has 2 aromatic rings. The van der Waals surface area contributed by atoms with E-state index in [0.717, 1.165) is 11.4 Å². The molecule has 0 amide bonds. The van der Waals surface area contributed by atoms with Crippen LogP contribution in [0.25, 0.3) is 0 Å². The highest BCUT2D eigenvalue weighted by Gasteiger charge is 2.03. The molecule has 0 aliphatic rings. The number of nitrogens with one attached hydrogen (secondary N) is 1. The van der Waals surface area contributed by atoms with Crippen LogP contribution in [0.15, 0.2) is 36.8 Å². The lowest BCUT2D eigenvalue weighted by molar-refractivity contribution is 0.0697. The molecular weight excluding hydrogens is 218 g/mol. The van der Waals surface area contributed by atoms with E-state index in [1.807, 2.05) is 17.7 Å². The van der Waals surface area contributed by atoms with Crippen LogP contribution in [-0.4, -0.2) is 20.6 Å². The molecule has 2 rings (SSSR count). The van der Waals surface area contributed by atoms with Gasteiger partial charge in [-0.25, -0.2) is 9.78 Å². The van der Waals surface area contributed by atoms with Crippen LogP contribution in [0.5, 0.6) is 0 Å². The van der Waals surface area contributed by atoms with E-state index in [2.05, 4.69) is 10.3 Å². The van der Waals surface area contributed by atoms with E-state index >= 15 is 0 Å². The molecule has 5 heteroatoms. The zero-order chi connectivity index (χ0) is 12.3.